The Kier molecular flexibility index (Phi) is 5.06. The molecule has 0 radical (unpaired) electrons. The Morgan fingerprint density at radius 1 is 0.929 bits per heavy atom. The Hall–Kier alpha value is -3.02. The monoisotopic (exact) mass is 418 g/mol. The van der Waals surface area contributed by atoms with Gasteiger partial charge in [-0.15, -0.1) is 11.3 Å². The number of thiazole rings is 1. The second kappa shape index (κ2) is 7.19. The van der Waals surface area contributed by atoms with Crippen molar-refractivity contribution in [2.24, 2.45) is 0 Å². The summed E-state index contributed by atoms with van der Waals surface area (Å²) in [7, 11) is 0. The number of halogens is 6. The average Bonchev–Trinajstić information content (AvgIpc) is 3.11. The second-order valence-corrected chi connectivity index (χ2v) is 6.22. The molecule has 0 aliphatic rings. The van der Waals surface area contributed by atoms with Crippen LogP contribution in [0.3, 0.4) is 0 Å². The van der Waals surface area contributed by atoms with Gasteiger partial charge in [-0.3, -0.25) is 4.79 Å². The van der Waals surface area contributed by atoms with Crippen LogP contribution in [0.5, 0.6) is 0 Å². The highest BCUT2D eigenvalue weighted by atomic mass is 32.1. The van der Waals surface area contributed by atoms with Gasteiger partial charge in [0.1, 0.15) is 5.69 Å². The van der Waals surface area contributed by atoms with Gasteiger partial charge in [0.2, 0.25) is 0 Å². The summed E-state index contributed by atoms with van der Waals surface area (Å²) >= 11 is 0.999. The second-order valence-electron chi connectivity index (χ2n) is 5.36. The fraction of sp³-hybridized carbons (Fsp3) is 0.125. The molecule has 0 saturated heterocycles. The van der Waals surface area contributed by atoms with E-state index in [1.807, 2.05) is 5.32 Å². The molecule has 0 saturated carbocycles. The van der Waals surface area contributed by atoms with Crippen LogP contribution < -0.4 is 5.32 Å². The summed E-state index contributed by atoms with van der Waals surface area (Å²) in [6.07, 6.45) is -7.13. The van der Waals surface area contributed by atoms with Crippen LogP contribution in [0.2, 0.25) is 0 Å². The molecule has 28 heavy (non-hydrogen) atoms. The quantitative estimate of drug-likeness (QED) is 0.615. The Bertz CT molecular complexity index is 968. The first kappa shape index (κ1) is 19.7. The SMILES string of the molecule is O=C(Nc1cc(C(F)(F)F)cc(C(F)(F)F)c1)c1csc(-c2ncccn2)n1. The molecule has 146 valence electrons. The molecular formula is C16H8F6N4OS. The number of nitrogens with one attached hydrogen (secondary N) is 1. The van der Waals surface area contributed by atoms with E-state index in [1.165, 1.54) is 17.8 Å². The first-order valence-corrected chi connectivity index (χ1v) is 8.26. The van der Waals surface area contributed by atoms with E-state index in [2.05, 4.69) is 15.0 Å². The third kappa shape index (κ3) is 4.44. The summed E-state index contributed by atoms with van der Waals surface area (Å²) in [6.45, 7) is 0. The zero-order chi connectivity index (χ0) is 20.5. The van der Waals surface area contributed by atoms with Crippen LogP contribution >= 0.6 is 11.3 Å². The number of hydrogen-bond donors (Lipinski definition) is 1. The molecule has 12 heteroatoms. The fourth-order valence-corrected chi connectivity index (χ4v) is 2.86. The molecule has 5 nitrogen and oxygen atoms in total. The van der Waals surface area contributed by atoms with E-state index in [1.54, 1.807) is 6.07 Å². The van der Waals surface area contributed by atoms with Crippen LogP contribution in [0.15, 0.2) is 42.0 Å². The highest BCUT2D eigenvalue weighted by Crippen LogP contribution is 2.37. The van der Waals surface area contributed by atoms with Crippen molar-refractivity contribution >= 4 is 22.9 Å². The Morgan fingerprint density at radius 3 is 2.04 bits per heavy atom. The highest BCUT2D eigenvalue weighted by Gasteiger charge is 2.37. The van der Waals surface area contributed by atoms with Crippen LogP contribution in [0, 0.1) is 0 Å². The number of hydrogen-bond acceptors (Lipinski definition) is 5. The minimum Gasteiger partial charge on any atom is -0.321 e. The summed E-state index contributed by atoms with van der Waals surface area (Å²) in [4.78, 5) is 24.0. The van der Waals surface area contributed by atoms with Crippen LogP contribution in [0.1, 0.15) is 21.6 Å². The zero-order valence-corrected chi connectivity index (χ0v) is 14.3. The number of aromatic nitrogens is 3. The lowest BCUT2D eigenvalue weighted by molar-refractivity contribution is -0.143. The maximum atomic E-state index is 12.9. The van der Waals surface area contributed by atoms with Crippen molar-refractivity contribution in [1.82, 2.24) is 15.0 Å². The molecule has 1 aromatic carbocycles. The maximum absolute atomic E-state index is 12.9. The van der Waals surface area contributed by atoms with Gasteiger partial charge in [0.15, 0.2) is 10.8 Å². The molecule has 0 atom stereocenters. The topological polar surface area (TPSA) is 67.8 Å². The molecule has 0 unspecified atom stereocenters. The lowest BCUT2D eigenvalue weighted by atomic mass is 10.1. The molecule has 0 aliphatic heterocycles. The predicted molar refractivity (Wildman–Crippen MR) is 87.5 cm³/mol. The number of rotatable bonds is 3. The van der Waals surface area contributed by atoms with E-state index >= 15 is 0 Å². The normalized spacial score (nSPS) is 12.1. The third-order valence-corrected chi connectivity index (χ3v) is 4.18. The van der Waals surface area contributed by atoms with Crippen molar-refractivity contribution in [3.63, 3.8) is 0 Å². The molecule has 0 fully saturated rings. The van der Waals surface area contributed by atoms with E-state index in [9.17, 15) is 31.1 Å². The van der Waals surface area contributed by atoms with Crippen LogP contribution in [-0.2, 0) is 12.4 Å². The molecule has 1 N–H and O–H groups in total. The molecule has 0 spiro atoms. The highest BCUT2D eigenvalue weighted by molar-refractivity contribution is 7.13. The molecule has 2 heterocycles. The predicted octanol–water partition coefficient (Wildman–Crippen LogP) is 4.89. The first-order valence-electron chi connectivity index (χ1n) is 7.38. The minimum atomic E-state index is -5.01. The number of benzene rings is 1. The molecule has 1 amide bonds. The summed E-state index contributed by atoms with van der Waals surface area (Å²) in [5, 5.41) is 3.57. The molecule has 3 aromatic rings. The fourth-order valence-electron chi connectivity index (χ4n) is 2.11. The van der Waals surface area contributed by atoms with Gasteiger partial charge in [0, 0.05) is 23.5 Å². The van der Waals surface area contributed by atoms with Gasteiger partial charge >= 0.3 is 12.4 Å². The Balaban J connectivity index is 1.89. The van der Waals surface area contributed by atoms with Crippen molar-refractivity contribution in [1.29, 1.82) is 0 Å². The van der Waals surface area contributed by atoms with Gasteiger partial charge in [-0.05, 0) is 24.3 Å². The Morgan fingerprint density at radius 2 is 1.50 bits per heavy atom. The maximum Gasteiger partial charge on any atom is 0.416 e. The standard InChI is InChI=1S/C16H8F6N4OS/c17-15(18,19)8-4-9(16(20,21)22)6-10(5-8)25-13(27)11-7-28-14(26-11)12-23-2-1-3-24-12/h1-7H,(H,25,27). The van der Waals surface area contributed by atoms with E-state index in [0.717, 1.165) is 11.3 Å². The van der Waals surface area contributed by atoms with Crippen LogP contribution in [0.4, 0.5) is 32.0 Å². The van der Waals surface area contributed by atoms with Gasteiger partial charge in [-0.25, -0.2) is 15.0 Å². The van der Waals surface area contributed by atoms with Crippen LogP contribution in [-0.4, -0.2) is 20.9 Å². The van der Waals surface area contributed by atoms with E-state index in [0.29, 0.717) is 12.1 Å². The molecule has 0 bridgehead atoms. The van der Waals surface area contributed by atoms with E-state index in [4.69, 9.17) is 0 Å². The summed E-state index contributed by atoms with van der Waals surface area (Å²) in [5.74, 6) is -0.740. The van der Waals surface area contributed by atoms with Gasteiger partial charge in [0.25, 0.3) is 5.91 Å². The third-order valence-electron chi connectivity index (χ3n) is 3.34. The van der Waals surface area contributed by atoms with Crippen molar-refractivity contribution < 1.29 is 31.1 Å². The number of alkyl halides is 6. The van der Waals surface area contributed by atoms with Gasteiger partial charge in [-0.2, -0.15) is 26.3 Å². The number of amides is 1. The summed E-state index contributed by atoms with van der Waals surface area (Å²) < 4.78 is 77.3. The lowest BCUT2D eigenvalue weighted by Crippen LogP contribution is -2.16. The number of nitrogens with zero attached hydrogens (tertiary/aromatic N) is 3. The molecular weight excluding hydrogens is 410 g/mol. The van der Waals surface area contributed by atoms with Gasteiger partial charge < -0.3 is 5.32 Å². The molecule has 3 rings (SSSR count). The molecule has 0 aliphatic carbocycles. The first-order chi connectivity index (χ1) is 13.0. The number of carbonyl (C=O) groups is 1. The smallest absolute Gasteiger partial charge is 0.321 e. The molecule has 2 aromatic heterocycles. The lowest BCUT2D eigenvalue weighted by Gasteiger charge is -2.14. The largest absolute Gasteiger partial charge is 0.416 e. The number of anilines is 1. The van der Waals surface area contributed by atoms with Gasteiger partial charge in [0.05, 0.1) is 11.1 Å². The zero-order valence-electron chi connectivity index (χ0n) is 13.5. The van der Waals surface area contributed by atoms with Crippen LogP contribution in [0.25, 0.3) is 10.8 Å². The van der Waals surface area contributed by atoms with Crippen molar-refractivity contribution in [2.75, 3.05) is 5.32 Å². The summed E-state index contributed by atoms with van der Waals surface area (Å²) in [5.41, 5.74) is -3.92. The average molecular weight is 418 g/mol. The number of carbonyl (C=O) groups excluding carboxylic acids is 1. The van der Waals surface area contributed by atoms with Crippen molar-refractivity contribution in [3.05, 3.63) is 58.9 Å². The Labute approximate surface area is 157 Å². The van der Waals surface area contributed by atoms with E-state index in [-0.39, 0.29) is 22.6 Å². The van der Waals surface area contributed by atoms with E-state index < -0.39 is 35.1 Å². The summed E-state index contributed by atoms with van der Waals surface area (Å²) in [6, 6.07) is 2.38. The minimum absolute atomic E-state index is 0.0245. The van der Waals surface area contributed by atoms with Crippen molar-refractivity contribution in [2.45, 2.75) is 12.4 Å². The van der Waals surface area contributed by atoms with Gasteiger partial charge in [-0.1, -0.05) is 0 Å². The van der Waals surface area contributed by atoms with Crippen molar-refractivity contribution in [3.8, 4) is 10.8 Å².